The van der Waals surface area contributed by atoms with E-state index < -0.39 is 0 Å². The maximum Gasteiger partial charge on any atom is 0.141 e. The summed E-state index contributed by atoms with van der Waals surface area (Å²) in [7, 11) is 1.65. The number of piperazine rings is 1. The van der Waals surface area contributed by atoms with Crippen molar-refractivity contribution < 1.29 is 4.74 Å². The zero-order chi connectivity index (χ0) is 16.8. The molecule has 1 aliphatic heterocycles. The molecule has 0 saturated carbocycles. The molecule has 2 aromatic rings. The number of nitrogen functional groups attached to an aromatic ring is 1. The van der Waals surface area contributed by atoms with Crippen LogP contribution in [-0.4, -0.2) is 49.7 Å². The number of anilines is 2. The normalized spacial score (nSPS) is 15.5. The maximum absolute atomic E-state index is 5.97. The van der Waals surface area contributed by atoms with Gasteiger partial charge in [0.2, 0.25) is 0 Å². The number of methoxy groups -OCH3 is 1. The highest BCUT2D eigenvalue weighted by molar-refractivity contribution is 5.54. The van der Waals surface area contributed by atoms with E-state index in [0.29, 0.717) is 0 Å². The summed E-state index contributed by atoms with van der Waals surface area (Å²) >= 11 is 0. The molecule has 0 spiro atoms. The lowest BCUT2D eigenvalue weighted by Gasteiger charge is -2.35. The molecular weight excluding hydrogens is 300 g/mol. The highest BCUT2D eigenvalue weighted by Gasteiger charge is 2.17. The van der Waals surface area contributed by atoms with Crippen molar-refractivity contribution in [2.45, 2.75) is 12.8 Å². The number of hydrogen-bond donors (Lipinski definition) is 1. The predicted molar refractivity (Wildman–Crippen MR) is 98.6 cm³/mol. The molecule has 0 aliphatic carbocycles. The van der Waals surface area contributed by atoms with Crippen LogP contribution in [0.25, 0.3) is 0 Å². The second-order valence-electron chi connectivity index (χ2n) is 6.20. The van der Waals surface area contributed by atoms with Gasteiger partial charge in [0.25, 0.3) is 0 Å². The van der Waals surface area contributed by atoms with Crippen molar-refractivity contribution in [2.75, 3.05) is 50.5 Å². The van der Waals surface area contributed by atoms with Gasteiger partial charge in [0, 0.05) is 32.4 Å². The summed E-state index contributed by atoms with van der Waals surface area (Å²) in [5.74, 6) is 1.84. The predicted octanol–water partition coefficient (Wildman–Crippen LogP) is 2.43. The molecule has 5 heteroatoms. The Kier molecular flexibility index (Phi) is 5.54. The largest absolute Gasteiger partial charge is 0.495 e. The van der Waals surface area contributed by atoms with Gasteiger partial charge in [-0.15, -0.1) is 0 Å². The average Bonchev–Trinajstić information content (AvgIpc) is 2.63. The van der Waals surface area contributed by atoms with E-state index in [9.17, 15) is 0 Å². The van der Waals surface area contributed by atoms with Crippen LogP contribution in [0.4, 0.5) is 11.5 Å². The van der Waals surface area contributed by atoms with Crippen LogP contribution in [0.5, 0.6) is 5.75 Å². The van der Waals surface area contributed by atoms with Gasteiger partial charge in [0.1, 0.15) is 11.6 Å². The van der Waals surface area contributed by atoms with E-state index >= 15 is 0 Å². The minimum atomic E-state index is 0.721. The molecule has 1 aliphatic rings. The molecule has 2 heterocycles. The van der Waals surface area contributed by atoms with Crippen LogP contribution >= 0.6 is 0 Å². The van der Waals surface area contributed by atoms with Crippen molar-refractivity contribution in [3.05, 3.63) is 48.2 Å². The van der Waals surface area contributed by atoms with Crippen LogP contribution in [0.1, 0.15) is 12.0 Å². The van der Waals surface area contributed by atoms with Gasteiger partial charge in [-0.1, -0.05) is 12.1 Å². The highest BCUT2D eigenvalue weighted by atomic mass is 16.5. The number of rotatable bonds is 6. The van der Waals surface area contributed by atoms with Crippen molar-refractivity contribution in [1.29, 1.82) is 0 Å². The lowest BCUT2D eigenvalue weighted by Crippen LogP contribution is -2.46. The number of aryl methyl sites for hydroxylation is 1. The summed E-state index contributed by atoms with van der Waals surface area (Å²) in [6.07, 6.45) is 4.06. The number of ether oxygens (including phenoxy) is 1. The van der Waals surface area contributed by atoms with Gasteiger partial charge < -0.3 is 15.4 Å². The number of hydrogen-bond acceptors (Lipinski definition) is 5. The van der Waals surface area contributed by atoms with Crippen LogP contribution in [-0.2, 0) is 6.42 Å². The van der Waals surface area contributed by atoms with Gasteiger partial charge in [-0.25, -0.2) is 4.98 Å². The summed E-state index contributed by atoms with van der Waals surface area (Å²) in [4.78, 5) is 9.33. The van der Waals surface area contributed by atoms with Gasteiger partial charge >= 0.3 is 0 Å². The molecule has 128 valence electrons. The minimum Gasteiger partial charge on any atom is -0.495 e. The SMILES string of the molecule is COc1ccc(CCCN2CCN(c3ccccn3)CC2)cc1N. The zero-order valence-electron chi connectivity index (χ0n) is 14.3. The van der Waals surface area contributed by atoms with Gasteiger partial charge in [-0.2, -0.15) is 0 Å². The quantitative estimate of drug-likeness (QED) is 0.826. The zero-order valence-corrected chi connectivity index (χ0v) is 14.3. The Bertz CT molecular complexity index is 639. The van der Waals surface area contributed by atoms with Crippen molar-refractivity contribution >= 4 is 11.5 Å². The van der Waals surface area contributed by atoms with Gasteiger partial charge in [-0.3, -0.25) is 4.90 Å². The van der Waals surface area contributed by atoms with Crippen molar-refractivity contribution in [3.8, 4) is 5.75 Å². The fourth-order valence-electron chi connectivity index (χ4n) is 3.19. The monoisotopic (exact) mass is 326 g/mol. The number of benzene rings is 1. The Morgan fingerprint density at radius 1 is 1.12 bits per heavy atom. The molecule has 1 aromatic carbocycles. The third-order valence-corrected chi connectivity index (χ3v) is 4.58. The van der Waals surface area contributed by atoms with Gasteiger partial charge in [0.05, 0.1) is 12.8 Å². The third kappa shape index (κ3) is 4.17. The van der Waals surface area contributed by atoms with Crippen LogP contribution in [0, 0.1) is 0 Å². The molecular formula is C19H26N4O. The highest BCUT2D eigenvalue weighted by Crippen LogP contribution is 2.22. The average molecular weight is 326 g/mol. The Hall–Kier alpha value is -2.27. The molecule has 5 nitrogen and oxygen atoms in total. The lowest BCUT2D eigenvalue weighted by atomic mass is 10.1. The summed E-state index contributed by atoms with van der Waals surface area (Å²) < 4.78 is 5.20. The molecule has 0 amide bonds. The Labute approximate surface area is 144 Å². The van der Waals surface area contributed by atoms with Gasteiger partial charge in [-0.05, 0) is 49.2 Å². The molecule has 3 rings (SSSR count). The van der Waals surface area contributed by atoms with E-state index in [1.165, 1.54) is 5.56 Å². The van der Waals surface area contributed by atoms with Crippen LogP contribution < -0.4 is 15.4 Å². The van der Waals surface area contributed by atoms with E-state index in [4.69, 9.17) is 10.5 Å². The fourth-order valence-corrected chi connectivity index (χ4v) is 3.19. The van der Waals surface area contributed by atoms with E-state index in [1.807, 2.05) is 24.4 Å². The molecule has 1 saturated heterocycles. The third-order valence-electron chi connectivity index (χ3n) is 4.58. The lowest BCUT2D eigenvalue weighted by molar-refractivity contribution is 0.254. The molecule has 0 atom stereocenters. The Morgan fingerprint density at radius 2 is 1.96 bits per heavy atom. The topological polar surface area (TPSA) is 54.6 Å². The number of aromatic nitrogens is 1. The summed E-state index contributed by atoms with van der Waals surface area (Å²) in [5.41, 5.74) is 7.97. The molecule has 0 unspecified atom stereocenters. The molecule has 0 radical (unpaired) electrons. The molecule has 2 N–H and O–H groups in total. The van der Waals surface area contributed by atoms with Crippen LogP contribution in [0.3, 0.4) is 0 Å². The smallest absolute Gasteiger partial charge is 0.141 e. The minimum absolute atomic E-state index is 0.721. The first kappa shape index (κ1) is 16.6. The Balaban J connectivity index is 1.41. The molecule has 0 bridgehead atoms. The van der Waals surface area contributed by atoms with Crippen LogP contribution in [0.15, 0.2) is 42.6 Å². The van der Waals surface area contributed by atoms with E-state index in [0.717, 1.165) is 62.8 Å². The van der Waals surface area contributed by atoms with Crippen molar-refractivity contribution in [2.24, 2.45) is 0 Å². The standard InChI is InChI=1S/C19H26N4O/c1-24-18-8-7-16(15-17(18)20)5-4-10-22-11-13-23(14-12-22)19-6-2-3-9-21-19/h2-3,6-9,15H,4-5,10-14,20H2,1H3. The van der Waals surface area contributed by atoms with Crippen molar-refractivity contribution in [3.63, 3.8) is 0 Å². The van der Waals surface area contributed by atoms with E-state index in [2.05, 4.69) is 33.0 Å². The second-order valence-corrected chi connectivity index (χ2v) is 6.20. The summed E-state index contributed by atoms with van der Waals surface area (Å²) in [5, 5.41) is 0. The van der Waals surface area contributed by atoms with Crippen LogP contribution in [0.2, 0.25) is 0 Å². The fraction of sp³-hybridized carbons (Fsp3) is 0.421. The number of nitrogens with zero attached hydrogens (tertiary/aromatic N) is 3. The molecule has 1 aromatic heterocycles. The second kappa shape index (κ2) is 8.02. The van der Waals surface area contributed by atoms with E-state index in [-0.39, 0.29) is 0 Å². The van der Waals surface area contributed by atoms with Gasteiger partial charge in [0.15, 0.2) is 0 Å². The summed E-state index contributed by atoms with van der Waals surface area (Å²) in [6, 6.07) is 12.2. The first-order valence-electron chi connectivity index (χ1n) is 8.57. The molecule has 1 fully saturated rings. The van der Waals surface area contributed by atoms with E-state index in [1.54, 1.807) is 7.11 Å². The summed E-state index contributed by atoms with van der Waals surface area (Å²) in [6.45, 7) is 5.42. The van der Waals surface area contributed by atoms with Crippen molar-refractivity contribution in [1.82, 2.24) is 9.88 Å². The Morgan fingerprint density at radius 3 is 2.62 bits per heavy atom. The molecule has 24 heavy (non-hydrogen) atoms. The first-order chi connectivity index (χ1) is 11.8. The number of pyridine rings is 1. The number of nitrogens with two attached hydrogens (primary N) is 1. The maximum atomic E-state index is 5.97. The first-order valence-corrected chi connectivity index (χ1v) is 8.57.